The average molecular weight is 501 g/mol. The second-order valence-electron chi connectivity index (χ2n) is 13.5. The maximum absolute atomic E-state index is 12.8. The molecule has 5 aliphatic rings. The van der Waals surface area contributed by atoms with Crippen LogP contribution in [-0.2, 0) is 19.0 Å². The molecule has 0 bridgehead atoms. The van der Waals surface area contributed by atoms with Crippen LogP contribution >= 0.6 is 0 Å². The third-order valence-electron chi connectivity index (χ3n) is 12.4. The van der Waals surface area contributed by atoms with Crippen molar-refractivity contribution in [3.05, 3.63) is 29.8 Å². The predicted octanol–water partition coefficient (Wildman–Crippen LogP) is 6.62. The molecule has 0 radical (unpaired) electrons. The summed E-state index contributed by atoms with van der Waals surface area (Å²) in [6, 6.07) is 6.97. The van der Waals surface area contributed by atoms with Gasteiger partial charge in [-0.1, -0.05) is 38.5 Å². The summed E-state index contributed by atoms with van der Waals surface area (Å²) in [5.41, 5.74) is 2.25. The van der Waals surface area contributed by atoms with Crippen molar-refractivity contribution in [3.63, 3.8) is 0 Å². The normalized spacial score (nSPS) is 46.9. The van der Waals surface area contributed by atoms with Gasteiger partial charge in [0.15, 0.2) is 0 Å². The Labute approximate surface area is 212 Å². The Hall–Kier alpha value is -0.910. The fourth-order valence-corrected chi connectivity index (χ4v) is 11.6. The van der Waals surface area contributed by atoms with Crippen molar-refractivity contribution >= 4 is 10.1 Å². The molecule has 194 valence electrons. The van der Waals surface area contributed by atoms with Crippen LogP contribution in [0.1, 0.15) is 77.7 Å². The van der Waals surface area contributed by atoms with Crippen LogP contribution in [0.15, 0.2) is 29.2 Å². The Kier molecular flexibility index (Phi) is 5.61. The van der Waals surface area contributed by atoms with Crippen LogP contribution in [0.3, 0.4) is 0 Å². The maximum Gasteiger partial charge on any atom is 0.296 e. The largest absolute Gasteiger partial charge is 0.381 e. The lowest BCUT2D eigenvalue weighted by molar-refractivity contribution is -0.161. The lowest BCUT2D eigenvalue weighted by atomic mass is 9.45. The van der Waals surface area contributed by atoms with Crippen molar-refractivity contribution in [2.45, 2.75) is 90.1 Å². The van der Waals surface area contributed by atoms with E-state index in [0.717, 1.165) is 29.2 Å². The minimum absolute atomic E-state index is 0.227. The summed E-state index contributed by atoms with van der Waals surface area (Å²) in [5.74, 6) is 3.98. The van der Waals surface area contributed by atoms with Gasteiger partial charge in [0.05, 0.1) is 17.6 Å². The van der Waals surface area contributed by atoms with Crippen molar-refractivity contribution in [2.24, 2.45) is 51.8 Å². The highest BCUT2D eigenvalue weighted by Crippen LogP contribution is 2.82. The number of hydrogen-bond donors (Lipinski definition) is 0. The van der Waals surface area contributed by atoms with Crippen LogP contribution in [0.5, 0.6) is 0 Å². The van der Waals surface area contributed by atoms with E-state index in [1.165, 1.54) is 51.4 Å². The van der Waals surface area contributed by atoms with E-state index in [4.69, 9.17) is 8.92 Å². The Bertz CT molecular complexity index is 1080. The SMILES string of the molecule is CO[C@@H]1C[C@H]2[C@@H]3CC[C@@H]([C@H](C)COS(=O)(=O)c4ccc(C)cc4)[C@@]3(C)CC[C@@H]2[C@@]2(C)CC[C@@H]3C[C@]312. The standard InChI is InChI=1S/C30H44O4S/c1-19-6-8-22(9-7-19)35(31,32)34-18-20(2)24-10-11-25-23-16-27(33-5)30-17-21(30)12-15-29(30,4)26(23)13-14-28(24,25)3/h6-9,20-21,23-27H,10-18H2,1-5H3/t20-,21-,23+,24+,25+,26+,27-,28-,29-,30+/m1/s1. The van der Waals surface area contributed by atoms with Crippen molar-refractivity contribution in [3.8, 4) is 0 Å². The fourth-order valence-electron chi connectivity index (χ4n) is 10.6. The van der Waals surface area contributed by atoms with Gasteiger partial charge in [-0.25, -0.2) is 0 Å². The highest BCUT2D eigenvalue weighted by atomic mass is 32.2. The molecule has 0 aromatic heterocycles. The molecule has 0 aliphatic heterocycles. The van der Waals surface area contributed by atoms with Gasteiger partial charge in [-0.2, -0.15) is 8.42 Å². The number of rotatable bonds is 6. The first kappa shape index (κ1) is 24.4. The summed E-state index contributed by atoms with van der Waals surface area (Å²) in [4.78, 5) is 0.260. The summed E-state index contributed by atoms with van der Waals surface area (Å²) in [6.07, 6.45) is 11.0. The van der Waals surface area contributed by atoms with Gasteiger partial charge < -0.3 is 4.74 Å². The molecule has 4 nitrogen and oxygen atoms in total. The molecule has 0 amide bonds. The molecule has 5 aliphatic carbocycles. The fraction of sp³-hybridized carbons (Fsp3) is 0.800. The van der Waals surface area contributed by atoms with E-state index < -0.39 is 10.1 Å². The van der Waals surface area contributed by atoms with E-state index in [2.05, 4.69) is 20.8 Å². The van der Waals surface area contributed by atoms with Crippen LogP contribution in [0, 0.1) is 58.7 Å². The number of methoxy groups -OCH3 is 1. The molecule has 1 aromatic rings. The van der Waals surface area contributed by atoms with Crippen LogP contribution in [0.2, 0.25) is 0 Å². The van der Waals surface area contributed by atoms with E-state index >= 15 is 0 Å². The monoisotopic (exact) mass is 500 g/mol. The van der Waals surface area contributed by atoms with E-state index in [1.807, 2.05) is 26.2 Å². The molecule has 35 heavy (non-hydrogen) atoms. The smallest absolute Gasteiger partial charge is 0.296 e. The van der Waals surface area contributed by atoms with Crippen LogP contribution in [0.25, 0.3) is 0 Å². The lowest BCUT2D eigenvalue weighted by Crippen LogP contribution is -2.57. The van der Waals surface area contributed by atoms with Crippen LogP contribution < -0.4 is 0 Å². The second kappa shape index (κ2) is 8.04. The number of aryl methyl sites for hydroxylation is 1. The van der Waals surface area contributed by atoms with Gasteiger partial charge in [-0.05, 0) is 117 Å². The highest BCUT2D eigenvalue weighted by Gasteiger charge is 2.77. The van der Waals surface area contributed by atoms with Crippen LogP contribution in [0.4, 0.5) is 0 Å². The highest BCUT2D eigenvalue weighted by molar-refractivity contribution is 7.86. The molecule has 5 fully saturated rings. The van der Waals surface area contributed by atoms with E-state index in [1.54, 1.807) is 12.1 Å². The third-order valence-corrected chi connectivity index (χ3v) is 13.7. The van der Waals surface area contributed by atoms with Gasteiger partial charge in [0.1, 0.15) is 0 Å². The Morgan fingerprint density at radius 3 is 2.46 bits per heavy atom. The van der Waals surface area contributed by atoms with Gasteiger partial charge in [-0.3, -0.25) is 4.18 Å². The number of benzene rings is 1. The van der Waals surface area contributed by atoms with E-state index in [9.17, 15) is 8.42 Å². The third kappa shape index (κ3) is 3.32. The molecular weight excluding hydrogens is 456 g/mol. The first-order chi connectivity index (χ1) is 16.6. The van der Waals surface area contributed by atoms with Crippen LogP contribution in [-0.4, -0.2) is 28.2 Å². The first-order valence-electron chi connectivity index (χ1n) is 14.1. The zero-order chi connectivity index (χ0) is 24.8. The van der Waals surface area contributed by atoms with Gasteiger partial charge in [0.25, 0.3) is 10.1 Å². The van der Waals surface area contributed by atoms with E-state index in [0.29, 0.717) is 22.9 Å². The summed E-state index contributed by atoms with van der Waals surface area (Å²) < 4.78 is 37.5. The Morgan fingerprint density at radius 1 is 1.03 bits per heavy atom. The number of hydrogen-bond acceptors (Lipinski definition) is 4. The van der Waals surface area contributed by atoms with Gasteiger partial charge in [0.2, 0.25) is 0 Å². The number of fused-ring (bicyclic) bond motifs is 4. The molecule has 6 rings (SSSR count). The zero-order valence-electron chi connectivity index (χ0n) is 22.3. The molecule has 5 heteroatoms. The van der Waals surface area contributed by atoms with Crippen molar-refractivity contribution < 1.29 is 17.3 Å². The van der Waals surface area contributed by atoms with E-state index in [-0.39, 0.29) is 22.8 Å². The molecule has 1 spiro atoms. The Balaban J connectivity index is 1.18. The second-order valence-corrected chi connectivity index (χ2v) is 15.1. The van der Waals surface area contributed by atoms with Crippen molar-refractivity contribution in [2.75, 3.05) is 13.7 Å². The summed E-state index contributed by atoms with van der Waals surface area (Å²) in [5, 5.41) is 0. The molecule has 10 atom stereocenters. The predicted molar refractivity (Wildman–Crippen MR) is 137 cm³/mol. The molecule has 0 N–H and O–H groups in total. The number of ether oxygens (including phenoxy) is 1. The van der Waals surface area contributed by atoms with Crippen molar-refractivity contribution in [1.29, 1.82) is 0 Å². The summed E-state index contributed by atoms with van der Waals surface area (Å²) >= 11 is 0. The zero-order valence-corrected chi connectivity index (χ0v) is 23.1. The minimum atomic E-state index is -3.72. The molecule has 5 saturated carbocycles. The Morgan fingerprint density at radius 2 is 1.77 bits per heavy atom. The topological polar surface area (TPSA) is 52.6 Å². The molecule has 0 heterocycles. The van der Waals surface area contributed by atoms with Gasteiger partial charge in [0, 0.05) is 12.5 Å². The quantitative estimate of drug-likeness (QED) is 0.412. The van der Waals surface area contributed by atoms with Gasteiger partial charge >= 0.3 is 0 Å². The molecule has 0 unspecified atom stereocenters. The summed E-state index contributed by atoms with van der Waals surface area (Å²) in [7, 11) is -1.76. The minimum Gasteiger partial charge on any atom is -0.381 e. The molecular formula is C30H44O4S. The van der Waals surface area contributed by atoms with Gasteiger partial charge in [-0.15, -0.1) is 0 Å². The molecule has 1 aromatic carbocycles. The summed E-state index contributed by atoms with van der Waals surface area (Å²) in [6.45, 7) is 9.61. The lowest BCUT2D eigenvalue weighted by Gasteiger charge is -2.61. The first-order valence-corrected chi connectivity index (χ1v) is 15.5. The average Bonchev–Trinajstić information content (AvgIpc) is 3.34. The van der Waals surface area contributed by atoms with Crippen molar-refractivity contribution in [1.82, 2.24) is 0 Å². The molecule has 0 saturated heterocycles. The maximum atomic E-state index is 12.8.